The summed E-state index contributed by atoms with van der Waals surface area (Å²) in [4.78, 5) is 22.9. The molecule has 1 amide bonds. The summed E-state index contributed by atoms with van der Waals surface area (Å²) in [6.07, 6.45) is -0.0440. The predicted molar refractivity (Wildman–Crippen MR) is 69.1 cm³/mol. The number of carboxylic acid groups (broad SMARTS) is 1. The lowest BCUT2D eigenvalue weighted by Gasteiger charge is -2.27. The third kappa shape index (κ3) is 4.69. The number of aliphatic carboxylic acids is 1. The summed E-state index contributed by atoms with van der Waals surface area (Å²) in [6.45, 7) is 5.19. The molecule has 1 rings (SSSR count). The van der Waals surface area contributed by atoms with Crippen LogP contribution in [-0.4, -0.2) is 23.0 Å². The summed E-state index contributed by atoms with van der Waals surface area (Å²) in [5.41, 5.74) is -0.0841. The van der Waals surface area contributed by atoms with Crippen molar-refractivity contribution in [1.82, 2.24) is 5.32 Å². The van der Waals surface area contributed by atoms with Crippen molar-refractivity contribution in [2.75, 3.05) is 0 Å². The van der Waals surface area contributed by atoms with Crippen LogP contribution in [0.25, 0.3) is 0 Å². The summed E-state index contributed by atoms with van der Waals surface area (Å²) in [7, 11) is 0. The molecule has 0 heterocycles. The lowest BCUT2D eigenvalue weighted by Crippen LogP contribution is -2.49. The van der Waals surface area contributed by atoms with Gasteiger partial charge in [0.2, 0.25) is 5.91 Å². The molecule has 1 aromatic carbocycles. The van der Waals surface area contributed by atoms with Gasteiger partial charge in [-0.05, 0) is 23.1 Å². The number of hydrogen-bond donors (Lipinski definition) is 2. The van der Waals surface area contributed by atoms with Gasteiger partial charge in [0.15, 0.2) is 0 Å². The Hall–Kier alpha value is -1.91. The summed E-state index contributed by atoms with van der Waals surface area (Å²) in [5.74, 6) is -1.94. The second kappa shape index (κ2) is 5.82. The van der Waals surface area contributed by atoms with Crippen LogP contribution in [0, 0.1) is 11.2 Å². The maximum atomic E-state index is 13.0. The van der Waals surface area contributed by atoms with Gasteiger partial charge in [-0.1, -0.05) is 32.9 Å². The van der Waals surface area contributed by atoms with E-state index in [9.17, 15) is 14.0 Å². The molecule has 0 radical (unpaired) electrons. The highest BCUT2D eigenvalue weighted by atomic mass is 19.1. The number of carbonyl (C=O) groups is 2. The average molecular weight is 267 g/mol. The van der Waals surface area contributed by atoms with Crippen molar-refractivity contribution in [1.29, 1.82) is 0 Å². The van der Waals surface area contributed by atoms with E-state index >= 15 is 0 Å². The highest BCUT2D eigenvalue weighted by Crippen LogP contribution is 2.19. The molecular weight excluding hydrogens is 249 g/mol. The Bertz CT molecular complexity index is 480. The lowest BCUT2D eigenvalue weighted by molar-refractivity contribution is -0.144. The summed E-state index contributed by atoms with van der Waals surface area (Å²) in [6, 6.07) is 4.70. The quantitative estimate of drug-likeness (QED) is 0.876. The molecule has 4 nitrogen and oxygen atoms in total. The number of amides is 1. The molecule has 5 heteroatoms. The summed E-state index contributed by atoms with van der Waals surface area (Å²) in [5, 5.41) is 11.6. The largest absolute Gasteiger partial charge is 0.480 e. The van der Waals surface area contributed by atoms with E-state index in [0.717, 1.165) is 0 Å². The van der Waals surface area contributed by atoms with Gasteiger partial charge in [-0.3, -0.25) is 4.79 Å². The van der Waals surface area contributed by atoms with Gasteiger partial charge in [-0.15, -0.1) is 0 Å². The number of nitrogens with one attached hydrogen (secondary N) is 1. The normalized spacial score (nSPS) is 12.8. The smallest absolute Gasteiger partial charge is 0.326 e. The second-order valence-electron chi connectivity index (χ2n) is 5.51. The molecule has 0 fully saturated rings. The van der Waals surface area contributed by atoms with E-state index in [2.05, 4.69) is 5.32 Å². The van der Waals surface area contributed by atoms with Crippen LogP contribution in [0.1, 0.15) is 26.3 Å². The molecule has 0 aromatic heterocycles. The van der Waals surface area contributed by atoms with Crippen LogP contribution in [0.4, 0.5) is 4.39 Å². The second-order valence-corrected chi connectivity index (χ2v) is 5.51. The van der Waals surface area contributed by atoms with Crippen molar-refractivity contribution in [2.45, 2.75) is 33.2 Å². The van der Waals surface area contributed by atoms with Gasteiger partial charge in [-0.2, -0.15) is 0 Å². The number of rotatable bonds is 4. The number of carboxylic acids is 1. The van der Waals surface area contributed by atoms with Gasteiger partial charge in [0, 0.05) is 0 Å². The highest BCUT2D eigenvalue weighted by Gasteiger charge is 2.32. The van der Waals surface area contributed by atoms with Gasteiger partial charge in [0.05, 0.1) is 6.42 Å². The lowest BCUT2D eigenvalue weighted by atomic mass is 9.86. The van der Waals surface area contributed by atoms with E-state index in [1.165, 1.54) is 18.2 Å². The van der Waals surface area contributed by atoms with Crippen LogP contribution in [-0.2, 0) is 16.0 Å². The molecular formula is C14H18FNO3. The Kier molecular flexibility index (Phi) is 4.64. The SMILES string of the molecule is CC(C)(C)[C@@H](NC(=O)Cc1cccc(F)c1)C(=O)O. The van der Waals surface area contributed by atoms with Gasteiger partial charge in [0.25, 0.3) is 0 Å². The van der Waals surface area contributed by atoms with Crippen molar-refractivity contribution >= 4 is 11.9 Å². The van der Waals surface area contributed by atoms with E-state index in [1.807, 2.05) is 0 Å². The Labute approximate surface area is 111 Å². The molecule has 0 spiro atoms. The molecule has 0 aliphatic carbocycles. The number of hydrogen-bond acceptors (Lipinski definition) is 2. The Morgan fingerprint density at radius 2 is 2.00 bits per heavy atom. The first-order valence-electron chi connectivity index (χ1n) is 5.97. The van der Waals surface area contributed by atoms with Crippen molar-refractivity contribution in [3.63, 3.8) is 0 Å². The van der Waals surface area contributed by atoms with Crippen LogP contribution in [0.5, 0.6) is 0 Å². The first-order valence-corrected chi connectivity index (χ1v) is 5.97. The maximum absolute atomic E-state index is 13.0. The van der Waals surface area contributed by atoms with Gasteiger partial charge in [0.1, 0.15) is 11.9 Å². The molecule has 1 atom stereocenters. The van der Waals surface area contributed by atoms with Crippen LogP contribution in [0.3, 0.4) is 0 Å². The molecule has 19 heavy (non-hydrogen) atoms. The van der Waals surface area contributed by atoms with E-state index in [0.29, 0.717) is 5.56 Å². The average Bonchev–Trinajstić information content (AvgIpc) is 2.24. The summed E-state index contributed by atoms with van der Waals surface area (Å²) < 4.78 is 13.0. The zero-order chi connectivity index (χ0) is 14.6. The molecule has 0 unspecified atom stereocenters. The molecule has 0 saturated carbocycles. The van der Waals surface area contributed by atoms with Crippen molar-refractivity contribution < 1.29 is 19.1 Å². The molecule has 0 aliphatic rings. The van der Waals surface area contributed by atoms with Crippen molar-refractivity contribution in [3.05, 3.63) is 35.6 Å². The van der Waals surface area contributed by atoms with Crippen LogP contribution < -0.4 is 5.32 Å². The van der Waals surface area contributed by atoms with E-state index < -0.39 is 29.2 Å². The first kappa shape index (κ1) is 15.1. The maximum Gasteiger partial charge on any atom is 0.326 e. The molecule has 0 aliphatic heterocycles. The third-order valence-electron chi connectivity index (χ3n) is 2.67. The van der Waals surface area contributed by atoms with E-state index in [-0.39, 0.29) is 6.42 Å². The van der Waals surface area contributed by atoms with E-state index in [1.54, 1.807) is 26.8 Å². The monoisotopic (exact) mass is 267 g/mol. The highest BCUT2D eigenvalue weighted by molar-refractivity contribution is 5.85. The fraction of sp³-hybridized carbons (Fsp3) is 0.429. The Morgan fingerprint density at radius 3 is 2.47 bits per heavy atom. The topological polar surface area (TPSA) is 66.4 Å². The van der Waals surface area contributed by atoms with Crippen molar-refractivity contribution in [2.24, 2.45) is 5.41 Å². The van der Waals surface area contributed by atoms with Gasteiger partial charge < -0.3 is 10.4 Å². The zero-order valence-electron chi connectivity index (χ0n) is 11.2. The van der Waals surface area contributed by atoms with Crippen LogP contribution >= 0.6 is 0 Å². The molecule has 0 bridgehead atoms. The van der Waals surface area contributed by atoms with E-state index in [4.69, 9.17) is 5.11 Å². The third-order valence-corrected chi connectivity index (χ3v) is 2.67. The van der Waals surface area contributed by atoms with Crippen molar-refractivity contribution in [3.8, 4) is 0 Å². The predicted octanol–water partition coefficient (Wildman–Crippen LogP) is 1.98. The number of carbonyl (C=O) groups excluding carboxylic acids is 1. The van der Waals surface area contributed by atoms with Gasteiger partial charge >= 0.3 is 5.97 Å². The standard InChI is InChI=1S/C14H18FNO3/c1-14(2,3)12(13(18)19)16-11(17)8-9-5-4-6-10(15)7-9/h4-7,12H,8H2,1-3H3,(H,16,17)(H,18,19)/t12-/m0/s1. The van der Waals surface area contributed by atoms with Crippen LogP contribution in [0.2, 0.25) is 0 Å². The fourth-order valence-electron chi connectivity index (χ4n) is 1.69. The number of benzene rings is 1. The minimum absolute atomic E-state index is 0.0440. The summed E-state index contributed by atoms with van der Waals surface area (Å²) >= 11 is 0. The molecule has 104 valence electrons. The molecule has 0 saturated heterocycles. The first-order chi connectivity index (χ1) is 8.70. The zero-order valence-corrected chi connectivity index (χ0v) is 11.2. The molecule has 2 N–H and O–H groups in total. The minimum Gasteiger partial charge on any atom is -0.480 e. The van der Waals surface area contributed by atoms with Crippen LogP contribution in [0.15, 0.2) is 24.3 Å². The Balaban J connectivity index is 2.71. The minimum atomic E-state index is -1.08. The van der Waals surface area contributed by atoms with Gasteiger partial charge in [-0.25, -0.2) is 9.18 Å². The fourth-order valence-corrected chi connectivity index (χ4v) is 1.69. The Morgan fingerprint density at radius 1 is 1.37 bits per heavy atom. The number of halogens is 1. The molecule has 1 aromatic rings.